The number of thioether (sulfide) groups is 1. The minimum atomic E-state index is -1.19. The first-order valence-corrected chi connectivity index (χ1v) is 8.68. The Kier molecular flexibility index (Phi) is 4.61. The van der Waals surface area contributed by atoms with Gasteiger partial charge in [0.05, 0.1) is 0 Å². The molecule has 0 heterocycles. The van der Waals surface area contributed by atoms with Crippen LogP contribution < -0.4 is 5.32 Å². The molecule has 2 aromatic rings. The summed E-state index contributed by atoms with van der Waals surface area (Å²) in [4.78, 5) is 12.1. The fraction of sp³-hybridized carbons (Fsp3) is 0.214. The molecule has 3 nitrogen and oxygen atoms in total. The van der Waals surface area contributed by atoms with Crippen LogP contribution in [0.25, 0.3) is 10.8 Å². The van der Waals surface area contributed by atoms with Gasteiger partial charge in [-0.15, -0.1) is 11.8 Å². The largest absolute Gasteiger partial charge is 0.324 e. The molecule has 5 heteroatoms. The van der Waals surface area contributed by atoms with E-state index in [1.807, 2.05) is 42.5 Å². The molecule has 100 valence electrons. The third kappa shape index (κ3) is 3.16. The number of amides is 1. The summed E-state index contributed by atoms with van der Waals surface area (Å²) < 4.78 is 11.0. The molecule has 19 heavy (non-hydrogen) atoms. The maximum Gasteiger partial charge on any atom is 0.250 e. The van der Waals surface area contributed by atoms with E-state index in [-0.39, 0.29) is 5.91 Å². The Morgan fingerprint density at radius 1 is 1.21 bits per heavy atom. The molecule has 0 aliphatic carbocycles. The van der Waals surface area contributed by atoms with Crippen molar-refractivity contribution in [2.45, 2.75) is 4.58 Å². The summed E-state index contributed by atoms with van der Waals surface area (Å²) in [7, 11) is -1.19. The second kappa shape index (κ2) is 6.21. The quantitative estimate of drug-likeness (QED) is 0.943. The van der Waals surface area contributed by atoms with E-state index in [0.717, 1.165) is 16.5 Å². The predicted molar refractivity (Wildman–Crippen MR) is 83.9 cm³/mol. The maximum absolute atomic E-state index is 12.1. The van der Waals surface area contributed by atoms with Crippen molar-refractivity contribution < 1.29 is 9.00 Å². The minimum Gasteiger partial charge on any atom is -0.324 e. The second-order valence-corrected chi connectivity index (χ2v) is 6.79. The van der Waals surface area contributed by atoms with Crippen LogP contribution in [0.4, 0.5) is 5.69 Å². The van der Waals surface area contributed by atoms with Crippen LogP contribution in [-0.2, 0) is 15.6 Å². The van der Waals surface area contributed by atoms with Gasteiger partial charge in [0.2, 0.25) is 5.91 Å². The molecule has 0 aromatic heterocycles. The fourth-order valence-corrected chi connectivity index (χ4v) is 3.64. The lowest BCUT2D eigenvalue weighted by Gasteiger charge is -2.13. The Bertz CT molecular complexity index is 622. The van der Waals surface area contributed by atoms with Crippen LogP contribution in [0.2, 0.25) is 0 Å². The Balaban J connectivity index is 2.31. The highest BCUT2D eigenvalue weighted by Gasteiger charge is 2.21. The number of fused-ring (bicyclic) bond motifs is 1. The van der Waals surface area contributed by atoms with E-state index < -0.39 is 15.4 Å². The molecule has 0 saturated heterocycles. The number of anilines is 1. The number of carbonyl (C=O) groups is 1. The van der Waals surface area contributed by atoms with Gasteiger partial charge in [0.25, 0.3) is 0 Å². The van der Waals surface area contributed by atoms with E-state index in [1.54, 1.807) is 12.5 Å². The third-order valence-electron chi connectivity index (χ3n) is 2.78. The summed E-state index contributed by atoms with van der Waals surface area (Å²) in [5.74, 6) is -0.218. The molecular weight excluding hydrogens is 278 g/mol. The lowest BCUT2D eigenvalue weighted by molar-refractivity contribution is -0.114. The molecular formula is C14H15NO2S2. The number of carbonyl (C=O) groups excluding carboxylic acids is 1. The number of benzene rings is 2. The molecule has 0 bridgehead atoms. The minimum absolute atomic E-state index is 0.218. The van der Waals surface area contributed by atoms with Gasteiger partial charge in [0, 0.05) is 28.1 Å². The molecule has 2 atom stereocenters. The molecule has 2 aromatic carbocycles. The van der Waals surface area contributed by atoms with Crippen molar-refractivity contribution in [3.63, 3.8) is 0 Å². The molecule has 0 spiro atoms. The van der Waals surface area contributed by atoms with Crippen LogP contribution in [0.3, 0.4) is 0 Å². The second-order valence-electron chi connectivity index (χ2n) is 4.08. The van der Waals surface area contributed by atoms with E-state index in [0.29, 0.717) is 0 Å². The zero-order valence-electron chi connectivity index (χ0n) is 10.8. The van der Waals surface area contributed by atoms with Crippen molar-refractivity contribution in [3.8, 4) is 0 Å². The van der Waals surface area contributed by atoms with Crippen molar-refractivity contribution in [2.24, 2.45) is 0 Å². The van der Waals surface area contributed by atoms with Gasteiger partial charge in [-0.05, 0) is 17.7 Å². The highest BCUT2D eigenvalue weighted by atomic mass is 32.2. The monoisotopic (exact) mass is 293 g/mol. The van der Waals surface area contributed by atoms with Gasteiger partial charge in [0.15, 0.2) is 4.58 Å². The number of hydrogen-bond donors (Lipinski definition) is 1. The van der Waals surface area contributed by atoms with Gasteiger partial charge in [-0.2, -0.15) is 0 Å². The normalized spacial score (nSPS) is 14.0. The summed E-state index contributed by atoms with van der Waals surface area (Å²) >= 11 is 1.30. The molecule has 2 rings (SSSR count). The standard InChI is InChI=1S/C14H15NO2S2/c1-18-14(19(2)17)13(16)15-12-9-5-7-10-6-3-4-8-11(10)12/h3-9,14H,1-2H3,(H,15,16). The van der Waals surface area contributed by atoms with Gasteiger partial charge in [-0.1, -0.05) is 36.4 Å². The van der Waals surface area contributed by atoms with E-state index in [1.165, 1.54) is 11.8 Å². The van der Waals surface area contributed by atoms with Gasteiger partial charge in [-0.25, -0.2) is 0 Å². The van der Waals surface area contributed by atoms with Gasteiger partial charge in [-0.3, -0.25) is 9.00 Å². The van der Waals surface area contributed by atoms with Crippen LogP contribution in [0.15, 0.2) is 42.5 Å². The lowest BCUT2D eigenvalue weighted by Crippen LogP contribution is -2.28. The average molecular weight is 293 g/mol. The zero-order chi connectivity index (χ0) is 13.8. The van der Waals surface area contributed by atoms with Crippen molar-refractivity contribution in [1.29, 1.82) is 0 Å². The Morgan fingerprint density at radius 3 is 2.58 bits per heavy atom. The first kappa shape index (κ1) is 14.1. The lowest BCUT2D eigenvalue weighted by atomic mass is 10.1. The van der Waals surface area contributed by atoms with Crippen molar-refractivity contribution in [2.75, 3.05) is 17.8 Å². The van der Waals surface area contributed by atoms with E-state index in [9.17, 15) is 9.00 Å². The summed E-state index contributed by atoms with van der Waals surface area (Å²) in [6, 6.07) is 13.6. The van der Waals surface area contributed by atoms with Crippen LogP contribution in [-0.4, -0.2) is 27.2 Å². The van der Waals surface area contributed by atoms with Gasteiger partial charge < -0.3 is 5.32 Å². The zero-order valence-corrected chi connectivity index (χ0v) is 12.4. The van der Waals surface area contributed by atoms with Crippen LogP contribution >= 0.6 is 11.8 Å². The molecule has 1 N–H and O–H groups in total. The molecule has 0 aliphatic heterocycles. The SMILES string of the molecule is CSC(C(=O)Nc1cccc2ccccc12)S(C)=O. The molecule has 0 saturated carbocycles. The van der Waals surface area contributed by atoms with E-state index in [4.69, 9.17) is 0 Å². The predicted octanol–water partition coefficient (Wildman–Crippen LogP) is 2.85. The van der Waals surface area contributed by atoms with Crippen molar-refractivity contribution in [3.05, 3.63) is 42.5 Å². The molecule has 0 aliphatic rings. The number of hydrogen-bond acceptors (Lipinski definition) is 3. The molecule has 2 unspecified atom stereocenters. The highest BCUT2D eigenvalue weighted by molar-refractivity contribution is 8.11. The highest BCUT2D eigenvalue weighted by Crippen LogP contribution is 2.24. The molecule has 1 amide bonds. The van der Waals surface area contributed by atoms with E-state index in [2.05, 4.69) is 5.32 Å². The first-order chi connectivity index (χ1) is 9.13. The Morgan fingerprint density at radius 2 is 1.89 bits per heavy atom. The van der Waals surface area contributed by atoms with E-state index >= 15 is 0 Å². The van der Waals surface area contributed by atoms with Gasteiger partial charge in [0.1, 0.15) is 0 Å². The summed E-state index contributed by atoms with van der Waals surface area (Å²) in [5.41, 5.74) is 0.757. The van der Waals surface area contributed by atoms with Crippen LogP contribution in [0, 0.1) is 0 Å². The van der Waals surface area contributed by atoms with Crippen molar-refractivity contribution >= 4 is 44.9 Å². The fourth-order valence-electron chi connectivity index (χ4n) is 1.92. The Hall–Kier alpha value is -1.33. The number of rotatable bonds is 4. The number of nitrogens with one attached hydrogen (secondary N) is 1. The van der Waals surface area contributed by atoms with Gasteiger partial charge >= 0.3 is 0 Å². The first-order valence-electron chi connectivity index (χ1n) is 5.77. The van der Waals surface area contributed by atoms with Crippen molar-refractivity contribution in [1.82, 2.24) is 0 Å². The van der Waals surface area contributed by atoms with Crippen LogP contribution in [0.1, 0.15) is 0 Å². The molecule has 0 fully saturated rings. The smallest absolute Gasteiger partial charge is 0.250 e. The molecule has 0 radical (unpaired) electrons. The average Bonchev–Trinajstić information content (AvgIpc) is 2.39. The third-order valence-corrected chi connectivity index (χ3v) is 5.63. The summed E-state index contributed by atoms with van der Waals surface area (Å²) in [5, 5.41) is 4.92. The summed E-state index contributed by atoms with van der Waals surface area (Å²) in [6.45, 7) is 0. The summed E-state index contributed by atoms with van der Waals surface area (Å²) in [6.07, 6.45) is 3.33. The maximum atomic E-state index is 12.1. The topological polar surface area (TPSA) is 46.2 Å². The Labute approximate surface area is 119 Å². The van der Waals surface area contributed by atoms with Crippen LogP contribution in [0.5, 0.6) is 0 Å².